The summed E-state index contributed by atoms with van der Waals surface area (Å²) >= 11 is 0. The number of benzene rings is 4. The lowest BCUT2D eigenvalue weighted by Crippen LogP contribution is -2.22. The Balaban J connectivity index is 0.000000154. The number of nitrogens with zero attached hydrogens (tertiary/aromatic N) is 21. The summed E-state index contributed by atoms with van der Waals surface area (Å²) in [6, 6.07) is 20.9. The maximum absolute atomic E-state index is 13.2. The molecule has 0 bridgehead atoms. The van der Waals surface area contributed by atoms with Crippen molar-refractivity contribution in [2.75, 3.05) is 64.9 Å². The minimum Gasteiger partial charge on any atom is -0.434 e. The number of anilines is 4. The second kappa shape index (κ2) is 42.0. The summed E-state index contributed by atoms with van der Waals surface area (Å²) < 4.78 is 235. The summed E-state index contributed by atoms with van der Waals surface area (Å²) in [6.07, 6.45) is 24.6. The highest BCUT2D eigenvalue weighted by atomic mass is 32.2. The summed E-state index contributed by atoms with van der Waals surface area (Å²) in [5, 5.41) is 44.1. The van der Waals surface area contributed by atoms with E-state index in [-0.39, 0.29) is 162 Å². The van der Waals surface area contributed by atoms with Gasteiger partial charge in [-0.05, 0) is 124 Å². The molecule has 0 fully saturated rings. The van der Waals surface area contributed by atoms with Crippen LogP contribution in [-0.2, 0) is 67.5 Å². The molecule has 4 aromatic carbocycles. The Hall–Kier alpha value is -15.5. The van der Waals surface area contributed by atoms with Gasteiger partial charge in [0.05, 0.1) is 90.1 Å². The second-order valence-electron chi connectivity index (χ2n) is 29.7. The molecule has 4 N–H and O–H groups in total. The third kappa shape index (κ3) is 23.3. The van der Waals surface area contributed by atoms with Crippen molar-refractivity contribution in [3.63, 3.8) is 0 Å². The van der Waals surface area contributed by atoms with E-state index in [2.05, 4.69) is 101 Å². The second-order valence-corrected chi connectivity index (χ2v) is 38.3. The molecule has 0 aliphatic carbocycles. The first kappa shape index (κ1) is 99.0. The van der Waals surface area contributed by atoms with E-state index in [1.165, 1.54) is 167 Å². The molecule has 0 atom stereocenters. The predicted molar refractivity (Wildman–Crippen MR) is 478 cm³/mol. The van der Waals surface area contributed by atoms with Crippen LogP contribution in [0.25, 0.3) is 67.6 Å². The van der Waals surface area contributed by atoms with Crippen LogP contribution >= 0.6 is 0 Å². The molecule has 0 saturated heterocycles. The third-order valence-electron chi connectivity index (χ3n) is 19.7. The van der Waals surface area contributed by atoms with Crippen LogP contribution in [0.1, 0.15) is 75.0 Å². The number of fused-ring (bicyclic) bond motifs is 4. The van der Waals surface area contributed by atoms with Gasteiger partial charge in [-0.1, -0.05) is 20.8 Å². The van der Waals surface area contributed by atoms with Crippen molar-refractivity contribution in [2.24, 2.45) is 28.2 Å². The summed E-state index contributed by atoms with van der Waals surface area (Å²) in [5.41, 5.74) is 2.79. The van der Waals surface area contributed by atoms with Gasteiger partial charge in [-0.3, -0.25) is 37.9 Å². The summed E-state index contributed by atoms with van der Waals surface area (Å²) in [5.74, 6) is -3.98. The molecule has 0 radical (unpaired) electrons. The van der Waals surface area contributed by atoms with Crippen LogP contribution in [0.2, 0.25) is 0 Å². The molecule has 16 aromatic rings. The fourth-order valence-corrected chi connectivity index (χ4v) is 18.5. The molecule has 0 saturated carbocycles. The number of carbonyl (C=O) groups excluding carboxylic acids is 4. The highest BCUT2D eigenvalue weighted by molar-refractivity contribution is 7.92. The fraction of sp³-hybridized carbons (Fsp3) is 0.238. The van der Waals surface area contributed by atoms with Gasteiger partial charge in [0.1, 0.15) is 68.0 Å². The number of hydrogen-bond donors (Lipinski definition) is 4. The number of halogens is 8. The third-order valence-corrected chi connectivity index (χ3v) is 26.9. The molecule has 12 aromatic heterocycles. The molecule has 41 nitrogen and oxygen atoms in total. The van der Waals surface area contributed by atoms with E-state index in [9.17, 15) is 88.0 Å². The van der Waals surface area contributed by atoms with Gasteiger partial charge in [-0.15, -0.1) is 0 Å². The Morgan fingerprint density at radius 3 is 0.810 bits per heavy atom. The van der Waals surface area contributed by atoms with Crippen molar-refractivity contribution in [3.05, 3.63) is 218 Å². The number of aromatic nitrogens is 20. The van der Waals surface area contributed by atoms with E-state index >= 15 is 0 Å². The van der Waals surface area contributed by atoms with E-state index in [1.54, 1.807) is 110 Å². The lowest BCUT2D eigenvalue weighted by molar-refractivity contribution is -0.0501. The van der Waals surface area contributed by atoms with Gasteiger partial charge < -0.3 is 45.1 Å². The van der Waals surface area contributed by atoms with Crippen LogP contribution in [0.5, 0.6) is 23.0 Å². The largest absolute Gasteiger partial charge is 0.434 e. The van der Waals surface area contributed by atoms with Gasteiger partial charge in [0.2, 0.25) is 0 Å². The Bertz CT molecular complexity index is 7450. The summed E-state index contributed by atoms with van der Waals surface area (Å²) in [7, 11) is -4.96. The highest BCUT2D eigenvalue weighted by Crippen LogP contribution is 2.43. The van der Waals surface area contributed by atoms with Crippen LogP contribution < -0.4 is 40.2 Å². The molecule has 0 aliphatic rings. The molecule has 137 heavy (non-hydrogen) atoms. The van der Waals surface area contributed by atoms with Gasteiger partial charge in [0.15, 0.2) is 61.9 Å². The van der Waals surface area contributed by atoms with E-state index < -0.39 is 89.4 Å². The molecule has 16 rings (SSSR count). The summed E-state index contributed by atoms with van der Waals surface area (Å²) in [6.45, 7) is -7.44. The summed E-state index contributed by atoms with van der Waals surface area (Å²) in [4.78, 5) is 69.9. The number of ether oxygens (including phenoxy) is 4. The lowest BCUT2D eigenvalue weighted by atomic mass is 10.1. The normalized spacial score (nSPS) is 11.8. The van der Waals surface area contributed by atoms with Gasteiger partial charge in [0.25, 0.3) is 23.6 Å². The Kier molecular flexibility index (Phi) is 30.3. The quantitative estimate of drug-likeness (QED) is 0.0284. The molecule has 0 aliphatic heterocycles. The maximum atomic E-state index is 13.2. The monoisotopic (exact) mass is 1980 g/mol. The number of amides is 4. The number of nitrogens with one attached hydrogen (secondary N) is 4. The average molecular weight is 1980 g/mol. The molecule has 53 heteroatoms. The molecular formula is C84H81F8N25O16S4. The van der Waals surface area contributed by atoms with E-state index in [4.69, 9.17) is 0 Å². The fourth-order valence-electron chi connectivity index (χ4n) is 13.5. The SMILES string of the molecule is CCCS(=O)(=O)c1ccc(OC(F)F)c(-c2nn(C)cc2NC(=O)c2cnn3cccnc23)c1.CCCS(=O)(=O)c1ccc(OC(F)F)c(-c2nn(C)cc2NC(=O)c2cnn3cccnc23)c1.CCS(=O)(=O)c1ccc(OC(F)F)c(-c2nn(C)cc2NC(=O)c2cnn3cccnc23)c1.CN(C)CCS(=O)(=O)c1ccc(OC(F)F)c(-c2nn(C)cc2NC(=O)c2cnn3cccnc23)c1. The zero-order chi connectivity index (χ0) is 98.7. The standard InChI is InChI=1S/C22H23F2N7O4S.2C21H20F2N6O4S.C20H18F2N6O4S/c1-29(2)9-10-36(33,34)14-5-6-18(35-22(23)24)15(11-14)19-17(13-30(3)28-19)27-21(32)16-12-26-31-8-4-7-25-20(16)31;2*1-3-9-34(31,32)13-5-6-17(33-21(22)23)14(10-13)18-16(12-28(2)27-18)26-20(30)15-11-25-29-8-4-7-24-19(15)29;1-3-33(30,31)12-5-6-16(32-20(21)22)13(9-12)17-15(11-27(2)26-17)25-19(29)14-10-24-28-8-4-7-23-18(14)28/h4-8,11-13,22H,9-10H2,1-3H3,(H,27,32);2*4-8,10-12,21H,3,9H2,1-2H3,(H,26,30);4-11,20H,3H2,1-2H3,(H,25,29). The topological polar surface area (TPSA) is 485 Å². The number of alkyl halides is 8. The molecule has 718 valence electrons. The van der Waals surface area contributed by atoms with Gasteiger partial charge in [-0.2, -0.15) is 75.9 Å². The number of carbonyl (C=O) groups is 4. The zero-order valence-corrected chi connectivity index (χ0v) is 76.6. The van der Waals surface area contributed by atoms with Crippen molar-refractivity contribution < 1.29 is 107 Å². The molecule has 0 spiro atoms. The molecule has 0 unspecified atom stereocenters. The molecule has 12 heterocycles. The Morgan fingerprint density at radius 2 is 0.591 bits per heavy atom. The van der Waals surface area contributed by atoms with Crippen molar-refractivity contribution in [3.8, 4) is 68.0 Å². The van der Waals surface area contributed by atoms with Crippen molar-refractivity contribution in [2.45, 2.75) is 79.6 Å². The number of rotatable bonds is 32. The first-order valence-electron chi connectivity index (χ1n) is 40.6. The maximum Gasteiger partial charge on any atom is 0.387 e. The number of hydrogen-bond acceptors (Lipinski definition) is 29. The van der Waals surface area contributed by atoms with Crippen molar-refractivity contribution in [1.82, 2.24) is 102 Å². The first-order chi connectivity index (χ1) is 65.1. The molecular weight excluding hydrogens is 1900 g/mol. The first-order valence-corrected chi connectivity index (χ1v) is 47.2. The Labute approximate surface area is 772 Å². The van der Waals surface area contributed by atoms with Gasteiger partial charge in [-0.25, -0.2) is 71.7 Å². The number of sulfone groups is 4. The minimum atomic E-state index is -3.75. The van der Waals surface area contributed by atoms with Gasteiger partial charge in [0, 0.05) is 131 Å². The smallest absolute Gasteiger partial charge is 0.387 e. The number of aryl methyl sites for hydroxylation is 4. The lowest BCUT2D eigenvalue weighted by Gasteiger charge is -2.14. The van der Waals surface area contributed by atoms with E-state index in [0.717, 1.165) is 24.3 Å². The van der Waals surface area contributed by atoms with Crippen LogP contribution in [0, 0.1) is 0 Å². The minimum absolute atomic E-state index is 0.00799. The zero-order valence-electron chi connectivity index (χ0n) is 73.3. The highest BCUT2D eigenvalue weighted by Gasteiger charge is 2.31. The van der Waals surface area contributed by atoms with Crippen LogP contribution in [-0.4, -0.2) is 230 Å². The van der Waals surface area contributed by atoms with Gasteiger partial charge >= 0.3 is 26.4 Å². The predicted octanol–water partition coefficient (Wildman–Crippen LogP) is 11.4. The average Bonchev–Trinajstić information content (AvgIpc) is 1.38. The van der Waals surface area contributed by atoms with Crippen LogP contribution in [0.3, 0.4) is 0 Å². The van der Waals surface area contributed by atoms with E-state index in [0.29, 0.717) is 35.4 Å². The van der Waals surface area contributed by atoms with E-state index in [1.807, 2.05) is 0 Å². The van der Waals surface area contributed by atoms with Crippen LogP contribution in [0.4, 0.5) is 57.9 Å². The van der Waals surface area contributed by atoms with Crippen molar-refractivity contribution in [1.29, 1.82) is 0 Å². The molecule has 4 amide bonds. The van der Waals surface area contributed by atoms with Crippen molar-refractivity contribution >= 4 is 108 Å². The van der Waals surface area contributed by atoms with Crippen LogP contribution in [0.15, 0.2) is 216 Å². The Morgan fingerprint density at radius 1 is 0.358 bits per heavy atom.